The third kappa shape index (κ3) is 5.28. The van der Waals surface area contributed by atoms with E-state index in [1.807, 2.05) is 0 Å². The molecule has 11 heteroatoms. The van der Waals surface area contributed by atoms with Crippen LogP contribution in [-0.4, -0.2) is 51.0 Å². The zero-order valence-corrected chi connectivity index (χ0v) is 16.0. The first-order valence-electron chi connectivity index (χ1n) is 8.67. The number of hydrogen-bond donors (Lipinski definition) is 3. The molecule has 0 atom stereocenters. The third-order valence-corrected chi connectivity index (χ3v) is 5.99. The Labute approximate surface area is 166 Å². The summed E-state index contributed by atoms with van der Waals surface area (Å²) in [5.74, 6) is -1.14. The molecule has 0 saturated carbocycles. The summed E-state index contributed by atoms with van der Waals surface area (Å²) in [6.07, 6.45) is 0. The van der Waals surface area contributed by atoms with Gasteiger partial charge in [-0.3, -0.25) is 10.2 Å². The second-order valence-electron chi connectivity index (χ2n) is 6.08. The van der Waals surface area contributed by atoms with Crippen molar-refractivity contribution in [3.8, 4) is 0 Å². The molecule has 9 nitrogen and oxygen atoms in total. The highest BCUT2D eigenvalue weighted by Crippen LogP contribution is 2.18. The van der Waals surface area contributed by atoms with Crippen LogP contribution < -0.4 is 16.2 Å². The lowest BCUT2D eigenvalue weighted by molar-refractivity contribution is 0.0730. The van der Waals surface area contributed by atoms with E-state index in [1.54, 1.807) is 0 Å². The number of nitrogens with zero attached hydrogens (tertiary/aromatic N) is 1. The Kier molecular flexibility index (Phi) is 6.42. The number of rotatable bonds is 4. The normalized spacial score (nSPS) is 14.8. The van der Waals surface area contributed by atoms with Crippen LogP contribution in [0.3, 0.4) is 0 Å². The van der Waals surface area contributed by atoms with Gasteiger partial charge in [0, 0.05) is 24.3 Å². The molecule has 2 aromatic rings. The van der Waals surface area contributed by atoms with Crippen LogP contribution in [0.1, 0.15) is 10.4 Å². The standard InChI is InChI=1S/C18H19FN4O5S/c19-14-4-6-15(7-5-14)20-18(25)22-21-17(24)13-2-1-3-16(12-13)29(26,27)23-8-10-28-11-9-23/h1-7,12H,8-11H2,(H,21,24)(H2,20,22,25). The zero-order valence-electron chi connectivity index (χ0n) is 15.2. The quantitative estimate of drug-likeness (QED) is 0.643. The van der Waals surface area contributed by atoms with Crippen LogP contribution in [0.4, 0.5) is 14.9 Å². The first kappa shape index (κ1) is 20.7. The Morgan fingerprint density at radius 2 is 1.69 bits per heavy atom. The number of anilines is 1. The second kappa shape index (κ2) is 8.99. The fraction of sp³-hybridized carbons (Fsp3) is 0.222. The predicted molar refractivity (Wildman–Crippen MR) is 102 cm³/mol. The highest BCUT2D eigenvalue weighted by molar-refractivity contribution is 7.89. The second-order valence-corrected chi connectivity index (χ2v) is 8.02. The van der Waals surface area contributed by atoms with Gasteiger partial charge in [0.05, 0.1) is 18.1 Å². The number of hydrazine groups is 1. The van der Waals surface area contributed by atoms with Crippen LogP contribution in [0.5, 0.6) is 0 Å². The van der Waals surface area contributed by atoms with Crippen LogP contribution in [0, 0.1) is 5.82 Å². The number of amides is 3. The topological polar surface area (TPSA) is 117 Å². The van der Waals surface area contributed by atoms with E-state index in [0.29, 0.717) is 18.9 Å². The first-order chi connectivity index (χ1) is 13.9. The summed E-state index contributed by atoms with van der Waals surface area (Å²) in [6, 6.07) is 9.82. The molecule has 3 N–H and O–H groups in total. The third-order valence-electron chi connectivity index (χ3n) is 4.10. The molecule has 1 fully saturated rings. The summed E-state index contributed by atoms with van der Waals surface area (Å²) in [4.78, 5) is 24.1. The Morgan fingerprint density at radius 3 is 2.38 bits per heavy atom. The number of urea groups is 1. The van der Waals surface area contributed by atoms with E-state index in [1.165, 1.54) is 52.8 Å². The Hall–Kier alpha value is -3.02. The van der Waals surface area contributed by atoms with Gasteiger partial charge in [0.25, 0.3) is 5.91 Å². The van der Waals surface area contributed by atoms with Crippen molar-refractivity contribution in [3.63, 3.8) is 0 Å². The summed E-state index contributed by atoms with van der Waals surface area (Å²) < 4.78 is 44.7. The molecule has 0 unspecified atom stereocenters. The molecule has 154 valence electrons. The Bertz CT molecular complexity index is 992. The lowest BCUT2D eigenvalue weighted by atomic mass is 10.2. The van der Waals surface area contributed by atoms with E-state index in [0.717, 1.165) is 0 Å². The summed E-state index contributed by atoms with van der Waals surface area (Å²) in [5, 5.41) is 2.41. The maximum absolute atomic E-state index is 12.9. The molecule has 0 bridgehead atoms. The molecule has 3 amide bonds. The molecule has 1 saturated heterocycles. The minimum atomic E-state index is -3.75. The van der Waals surface area contributed by atoms with Gasteiger partial charge in [-0.25, -0.2) is 23.0 Å². The first-order valence-corrected chi connectivity index (χ1v) is 10.1. The van der Waals surface area contributed by atoms with Crippen LogP contribution in [-0.2, 0) is 14.8 Å². The van der Waals surface area contributed by atoms with Crippen molar-refractivity contribution in [1.29, 1.82) is 0 Å². The van der Waals surface area contributed by atoms with Gasteiger partial charge < -0.3 is 10.1 Å². The summed E-state index contributed by atoms with van der Waals surface area (Å²) in [5.41, 5.74) is 4.72. The summed E-state index contributed by atoms with van der Waals surface area (Å²) in [6.45, 7) is 1.10. The van der Waals surface area contributed by atoms with Gasteiger partial charge in [-0.2, -0.15) is 4.31 Å². The van der Waals surface area contributed by atoms with Gasteiger partial charge in [-0.1, -0.05) is 6.07 Å². The lowest BCUT2D eigenvalue weighted by Crippen LogP contribution is -2.44. The van der Waals surface area contributed by atoms with Gasteiger partial charge in [0.1, 0.15) is 5.82 Å². The van der Waals surface area contributed by atoms with E-state index >= 15 is 0 Å². The van der Waals surface area contributed by atoms with Gasteiger partial charge in [-0.05, 0) is 42.5 Å². The average Bonchev–Trinajstić information content (AvgIpc) is 2.74. The molecule has 0 aromatic heterocycles. The predicted octanol–water partition coefficient (Wildman–Crippen LogP) is 1.31. The number of hydrogen-bond acceptors (Lipinski definition) is 5. The van der Waals surface area contributed by atoms with E-state index in [9.17, 15) is 22.4 Å². The van der Waals surface area contributed by atoms with E-state index in [2.05, 4.69) is 16.2 Å². The molecule has 29 heavy (non-hydrogen) atoms. The number of nitrogens with one attached hydrogen (secondary N) is 3. The zero-order chi connectivity index (χ0) is 20.9. The minimum Gasteiger partial charge on any atom is -0.379 e. The molecule has 0 aliphatic carbocycles. The summed E-state index contributed by atoms with van der Waals surface area (Å²) >= 11 is 0. The van der Waals surface area contributed by atoms with Gasteiger partial charge in [-0.15, -0.1) is 0 Å². The van der Waals surface area contributed by atoms with Crippen molar-refractivity contribution in [2.45, 2.75) is 4.90 Å². The molecule has 3 rings (SSSR count). The molecule has 1 heterocycles. The van der Waals surface area contributed by atoms with Crippen LogP contribution in [0.25, 0.3) is 0 Å². The van der Waals surface area contributed by atoms with E-state index in [-0.39, 0.29) is 23.5 Å². The van der Waals surface area contributed by atoms with Crippen molar-refractivity contribution >= 4 is 27.6 Å². The van der Waals surface area contributed by atoms with Crippen molar-refractivity contribution in [2.75, 3.05) is 31.6 Å². The van der Waals surface area contributed by atoms with Crippen molar-refractivity contribution < 1.29 is 27.1 Å². The molecular formula is C18H19FN4O5S. The van der Waals surface area contributed by atoms with Crippen molar-refractivity contribution in [1.82, 2.24) is 15.2 Å². The largest absolute Gasteiger partial charge is 0.379 e. The lowest BCUT2D eigenvalue weighted by Gasteiger charge is -2.26. The fourth-order valence-electron chi connectivity index (χ4n) is 2.62. The molecule has 1 aliphatic heterocycles. The highest BCUT2D eigenvalue weighted by Gasteiger charge is 2.26. The number of carbonyl (C=O) groups is 2. The maximum Gasteiger partial charge on any atom is 0.337 e. The number of halogens is 1. The smallest absolute Gasteiger partial charge is 0.337 e. The highest BCUT2D eigenvalue weighted by atomic mass is 32.2. The fourth-order valence-corrected chi connectivity index (χ4v) is 4.07. The Balaban J connectivity index is 1.61. The van der Waals surface area contributed by atoms with Crippen molar-refractivity contribution in [3.05, 3.63) is 59.9 Å². The number of ether oxygens (including phenoxy) is 1. The number of morpholine rings is 1. The van der Waals surface area contributed by atoms with Gasteiger partial charge in [0.15, 0.2) is 0 Å². The Morgan fingerprint density at radius 1 is 1.00 bits per heavy atom. The summed E-state index contributed by atoms with van der Waals surface area (Å²) in [7, 11) is -3.75. The van der Waals surface area contributed by atoms with Gasteiger partial charge in [0.2, 0.25) is 10.0 Å². The van der Waals surface area contributed by atoms with Crippen LogP contribution in [0.2, 0.25) is 0 Å². The van der Waals surface area contributed by atoms with Crippen LogP contribution >= 0.6 is 0 Å². The number of carbonyl (C=O) groups excluding carboxylic acids is 2. The van der Waals surface area contributed by atoms with Crippen LogP contribution in [0.15, 0.2) is 53.4 Å². The SMILES string of the molecule is O=C(NNC(=O)c1cccc(S(=O)(=O)N2CCOCC2)c1)Nc1ccc(F)cc1. The number of benzene rings is 2. The average molecular weight is 422 g/mol. The van der Waals surface area contributed by atoms with Crippen molar-refractivity contribution in [2.24, 2.45) is 0 Å². The monoisotopic (exact) mass is 422 g/mol. The minimum absolute atomic E-state index is 0.0252. The van der Waals surface area contributed by atoms with E-state index < -0.39 is 27.8 Å². The van der Waals surface area contributed by atoms with Gasteiger partial charge >= 0.3 is 6.03 Å². The molecule has 0 radical (unpaired) electrons. The molecule has 2 aromatic carbocycles. The van der Waals surface area contributed by atoms with E-state index in [4.69, 9.17) is 4.74 Å². The molecule has 1 aliphatic rings. The molecule has 0 spiro atoms. The number of sulfonamides is 1. The maximum atomic E-state index is 12.9. The molecular weight excluding hydrogens is 403 g/mol.